The maximum atomic E-state index is 12.6. The van der Waals surface area contributed by atoms with Gasteiger partial charge in [0.25, 0.3) is 5.91 Å². The summed E-state index contributed by atoms with van der Waals surface area (Å²) in [6.07, 6.45) is 4.44. The normalized spacial score (nSPS) is 11.5. The van der Waals surface area contributed by atoms with E-state index in [1.165, 1.54) is 20.0 Å². The van der Waals surface area contributed by atoms with Crippen molar-refractivity contribution in [3.05, 3.63) is 59.7 Å². The first-order valence-electron chi connectivity index (χ1n) is 9.52. The van der Waals surface area contributed by atoms with Gasteiger partial charge < -0.3 is 20.5 Å². The van der Waals surface area contributed by atoms with Gasteiger partial charge in [-0.1, -0.05) is 56.5 Å². The second-order valence-corrected chi connectivity index (χ2v) is 6.49. The van der Waals surface area contributed by atoms with E-state index in [2.05, 4.69) is 12.2 Å². The number of unbranched alkanes of at least 4 members (excludes halogenated alkanes) is 3. The highest BCUT2D eigenvalue weighted by Gasteiger charge is 2.21. The lowest BCUT2D eigenvalue weighted by atomic mass is 10.1. The SMILES string of the molecule is CCCCCCOc1ccc(C(=O)N[C@H](C(N)=O)c2ccccc2)cc1OC. The third-order valence-corrected chi connectivity index (χ3v) is 4.37. The zero-order chi connectivity index (χ0) is 20.4. The van der Waals surface area contributed by atoms with Gasteiger partial charge in [0.1, 0.15) is 6.04 Å². The Kier molecular flexibility index (Phi) is 8.34. The molecule has 2 aromatic rings. The number of amides is 2. The van der Waals surface area contributed by atoms with Crippen LogP contribution in [0.4, 0.5) is 0 Å². The largest absolute Gasteiger partial charge is 0.493 e. The maximum Gasteiger partial charge on any atom is 0.252 e. The van der Waals surface area contributed by atoms with Crippen molar-refractivity contribution in [2.24, 2.45) is 5.73 Å². The Morgan fingerprint density at radius 1 is 1.04 bits per heavy atom. The van der Waals surface area contributed by atoms with E-state index < -0.39 is 17.9 Å². The first-order chi connectivity index (χ1) is 13.6. The fourth-order valence-electron chi connectivity index (χ4n) is 2.82. The molecule has 1 atom stereocenters. The van der Waals surface area contributed by atoms with Crippen LogP contribution in [-0.2, 0) is 4.79 Å². The molecular formula is C22H28N2O4. The second-order valence-electron chi connectivity index (χ2n) is 6.49. The molecule has 0 bridgehead atoms. The van der Waals surface area contributed by atoms with Crippen LogP contribution in [0.5, 0.6) is 11.5 Å². The highest BCUT2D eigenvalue weighted by atomic mass is 16.5. The molecule has 0 aliphatic rings. The van der Waals surface area contributed by atoms with Crippen molar-refractivity contribution in [1.82, 2.24) is 5.32 Å². The molecule has 0 aromatic heterocycles. The topological polar surface area (TPSA) is 90.6 Å². The molecule has 0 radical (unpaired) electrons. The summed E-state index contributed by atoms with van der Waals surface area (Å²) in [5, 5.41) is 2.68. The Labute approximate surface area is 166 Å². The van der Waals surface area contributed by atoms with E-state index in [9.17, 15) is 9.59 Å². The van der Waals surface area contributed by atoms with Crippen LogP contribution < -0.4 is 20.5 Å². The molecule has 0 fully saturated rings. The van der Waals surface area contributed by atoms with Gasteiger partial charge in [0.05, 0.1) is 13.7 Å². The minimum absolute atomic E-state index is 0.359. The molecule has 0 aliphatic heterocycles. The lowest BCUT2D eigenvalue weighted by Crippen LogP contribution is -2.37. The maximum absolute atomic E-state index is 12.6. The highest BCUT2D eigenvalue weighted by molar-refractivity contribution is 5.98. The number of carbonyl (C=O) groups is 2. The van der Waals surface area contributed by atoms with Crippen LogP contribution in [0.3, 0.4) is 0 Å². The van der Waals surface area contributed by atoms with Crippen molar-refractivity contribution in [2.75, 3.05) is 13.7 Å². The molecule has 2 rings (SSSR count). The van der Waals surface area contributed by atoms with Crippen LogP contribution in [0.25, 0.3) is 0 Å². The summed E-state index contributed by atoms with van der Waals surface area (Å²) in [5.74, 6) is 0.0162. The smallest absolute Gasteiger partial charge is 0.252 e. The number of primary amides is 1. The van der Waals surface area contributed by atoms with E-state index >= 15 is 0 Å². The number of rotatable bonds is 11. The standard InChI is InChI=1S/C22H28N2O4/c1-3-4-5-9-14-28-18-13-12-17(15-19(18)27-2)22(26)24-20(21(23)25)16-10-7-6-8-11-16/h6-8,10-13,15,20H,3-5,9,14H2,1-2H3,(H2,23,25)(H,24,26)/t20-/m0/s1. The lowest BCUT2D eigenvalue weighted by Gasteiger charge is -2.17. The summed E-state index contributed by atoms with van der Waals surface area (Å²) >= 11 is 0. The van der Waals surface area contributed by atoms with E-state index in [1.807, 2.05) is 6.07 Å². The molecule has 28 heavy (non-hydrogen) atoms. The van der Waals surface area contributed by atoms with Gasteiger partial charge in [-0.05, 0) is 30.2 Å². The Balaban J connectivity index is 2.07. The average Bonchev–Trinajstić information content (AvgIpc) is 2.72. The van der Waals surface area contributed by atoms with E-state index in [-0.39, 0.29) is 0 Å². The molecule has 0 saturated heterocycles. The Morgan fingerprint density at radius 3 is 2.43 bits per heavy atom. The van der Waals surface area contributed by atoms with E-state index in [4.69, 9.17) is 15.2 Å². The van der Waals surface area contributed by atoms with E-state index in [0.717, 1.165) is 12.8 Å². The number of hydrogen-bond acceptors (Lipinski definition) is 4. The molecule has 0 spiro atoms. The van der Waals surface area contributed by atoms with Gasteiger partial charge in [-0.2, -0.15) is 0 Å². The van der Waals surface area contributed by atoms with Gasteiger partial charge in [0.15, 0.2) is 11.5 Å². The summed E-state index contributed by atoms with van der Waals surface area (Å²) < 4.78 is 11.1. The monoisotopic (exact) mass is 384 g/mol. The van der Waals surface area contributed by atoms with E-state index in [0.29, 0.717) is 29.2 Å². The van der Waals surface area contributed by atoms with Gasteiger partial charge in [0.2, 0.25) is 5.91 Å². The lowest BCUT2D eigenvalue weighted by molar-refractivity contribution is -0.120. The predicted molar refractivity (Wildman–Crippen MR) is 108 cm³/mol. The molecule has 150 valence electrons. The van der Waals surface area contributed by atoms with E-state index in [1.54, 1.807) is 42.5 Å². The first-order valence-corrected chi connectivity index (χ1v) is 9.52. The average molecular weight is 384 g/mol. The van der Waals surface area contributed by atoms with Gasteiger partial charge in [-0.15, -0.1) is 0 Å². The third kappa shape index (κ3) is 6.01. The summed E-state index contributed by atoms with van der Waals surface area (Å²) in [6, 6.07) is 12.9. The summed E-state index contributed by atoms with van der Waals surface area (Å²) in [4.78, 5) is 24.4. The van der Waals surface area contributed by atoms with Crippen LogP contribution in [0, 0.1) is 0 Å². The second kappa shape index (κ2) is 11.0. The summed E-state index contributed by atoms with van der Waals surface area (Å²) in [5.41, 5.74) is 6.45. The Morgan fingerprint density at radius 2 is 1.79 bits per heavy atom. The minimum Gasteiger partial charge on any atom is -0.493 e. The zero-order valence-corrected chi connectivity index (χ0v) is 16.4. The van der Waals surface area contributed by atoms with Crippen molar-refractivity contribution in [1.29, 1.82) is 0 Å². The van der Waals surface area contributed by atoms with Gasteiger partial charge >= 0.3 is 0 Å². The number of benzene rings is 2. The Hall–Kier alpha value is -3.02. The minimum atomic E-state index is -0.908. The molecule has 3 N–H and O–H groups in total. The fourth-order valence-corrected chi connectivity index (χ4v) is 2.82. The fraction of sp³-hybridized carbons (Fsp3) is 0.364. The Bertz CT molecular complexity index is 777. The molecular weight excluding hydrogens is 356 g/mol. The number of hydrogen-bond donors (Lipinski definition) is 2. The van der Waals surface area contributed by atoms with Crippen molar-refractivity contribution in [2.45, 2.75) is 38.6 Å². The van der Waals surface area contributed by atoms with Crippen molar-refractivity contribution >= 4 is 11.8 Å². The van der Waals surface area contributed by atoms with Crippen LogP contribution in [0.1, 0.15) is 54.6 Å². The van der Waals surface area contributed by atoms with Crippen LogP contribution in [0.15, 0.2) is 48.5 Å². The molecule has 0 heterocycles. The van der Waals surface area contributed by atoms with Crippen LogP contribution >= 0.6 is 0 Å². The number of methoxy groups -OCH3 is 1. The molecule has 0 aliphatic carbocycles. The van der Waals surface area contributed by atoms with Crippen LogP contribution in [-0.4, -0.2) is 25.5 Å². The van der Waals surface area contributed by atoms with Gasteiger partial charge in [-0.25, -0.2) is 0 Å². The molecule has 6 heteroatoms. The summed E-state index contributed by atoms with van der Waals surface area (Å²) in [7, 11) is 1.52. The van der Waals surface area contributed by atoms with Crippen molar-refractivity contribution < 1.29 is 19.1 Å². The van der Waals surface area contributed by atoms with Crippen LogP contribution in [0.2, 0.25) is 0 Å². The quantitative estimate of drug-likeness (QED) is 0.579. The predicted octanol–water partition coefficient (Wildman–Crippen LogP) is 3.61. The molecule has 6 nitrogen and oxygen atoms in total. The number of ether oxygens (including phenoxy) is 2. The molecule has 0 unspecified atom stereocenters. The number of nitrogens with one attached hydrogen (secondary N) is 1. The molecule has 0 saturated carbocycles. The van der Waals surface area contributed by atoms with Crippen molar-refractivity contribution in [3.63, 3.8) is 0 Å². The molecule has 2 aromatic carbocycles. The van der Waals surface area contributed by atoms with Gasteiger partial charge in [0, 0.05) is 5.56 Å². The first kappa shape index (κ1) is 21.3. The van der Waals surface area contributed by atoms with Crippen molar-refractivity contribution in [3.8, 4) is 11.5 Å². The third-order valence-electron chi connectivity index (χ3n) is 4.37. The number of nitrogens with two attached hydrogens (primary N) is 1. The number of carbonyl (C=O) groups excluding carboxylic acids is 2. The highest BCUT2D eigenvalue weighted by Crippen LogP contribution is 2.28. The summed E-state index contributed by atoms with van der Waals surface area (Å²) in [6.45, 7) is 2.76. The zero-order valence-electron chi connectivity index (χ0n) is 16.4. The van der Waals surface area contributed by atoms with Gasteiger partial charge in [-0.3, -0.25) is 9.59 Å². The molecule has 2 amide bonds.